The molecule has 0 saturated carbocycles. The Morgan fingerprint density at radius 1 is 1.12 bits per heavy atom. The van der Waals surface area contributed by atoms with Gasteiger partial charge >= 0.3 is 0 Å². The highest BCUT2D eigenvalue weighted by Gasteiger charge is 2.20. The van der Waals surface area contributed by atoms with Crippen LogP contribution in [0.4, 0.5) is 33.2 Å². The Morgan fingerprint density at radius 2 is 1.86 bits per heavy atom. The zero-order valence-electron chi connectivity index (χ0n) is 23.8. The number of piperazine rings is 1. The van der Waals surface area contributed by atoms with Crippen molar-refractivity contribution in [1.82, 2.24) is 19.8 Å². The lowest BCUT2D eigenvalue weighted by atomic mass is 10.2. The standard InChI is InChI=1S/C30H36FN7O2S2/c1-4-27(39)33-23-7-5-8-24(19-23)34-28-26(31)20-32-29(36-28)35-22-9-11-25(12-10-22)40-17-6-18-42-30(41)38-15-13-37(14-16-38)21(2)3/h4-5,7-12,19-21H,1,6,13-18H2,2-3H3,(H,33,39)(H2,32,34,35,36). The van der Waals surface area contributed by atoms with Gasteiger partial charge in [-0.25, -0.2) is 9.37 Å². The predicted molar refractivity (Wildman–Crippen MR) is 174 cm³/mol. The van der Waals surface area contributed by atoms with Crippen molar-refractivity contribution in [3.63, 3.8) is 0 Å². The van der Waals surface area contributed by atoms with Crippen LogP contribution in [0.2, 0.25) is 0 Å². The third-order valence-electron chi connectivity index (χ3n) is 6.52. The topological polar surface area (TPSA) is 94.6 Å². The van der Waals surface area contributed by atoms with Crippen molar-refractivity contribution in [2.75, 3.05) is 54.5 Å². The number of carbonyl (C=O) groups is 1. The Kier molecular flexibility index (Phi) is 11.5. The van der Waals surface area contributed by atoms with E-state index in [0.717, 1.165) is 60.3 Å². The van der Waals surface area contributed by atoms with E-state index in [1.54, 1.807) is 36.0 Å². The third-order valence-corrected chi connectivity index (χ3v) is 8.13. The number of hydrogen-bond donors (Lipinski definition) is 3. The second kappa shape index (κ2) is 15.5. The van der Waals surface area contributed by atoms with Gasteiger partial charge in [0.2, 0.25) is 11.9 Å². The normalized spacial score (nSPS) is 13.5. The van der Waals surface area contributed by atoms with Crippen LogP contribution < -0.4 is 20.7 Å². The van der Waals surface area contributed by atoms with E-state index in [1.165, 1.54) is 6.08 Å². The number of halogens is 1. The molecule has 1 aromatic heterocycles. The average molecular weight is 610 g/mol. The SMILES string of the molecule is C=CC(=O)Nc1cccc(Nc2nc(Nc3ccc(OCCCSC(=S)N4CCN(C(C)C)CC4)cc3)ncc2F)c1. The lowest BCUT2D eigenvalue weighted by molar-refractivity contribution is -0.111. The molecule has 4 rings (SSSR count). The monoisotopic (exact) mass is 609 g/mol. The summed E-state index contributed by atoms with van der Waals surface area (Å²) in [5.41, 5.74) is 1.82. The summed E-state index contributed by atoms with van der Waals surface area (Å²) < 4.78 is 21.3. The highest BCUT2D eigenvalue weighted by Crippen LogP contribution is 2.24. The quantitative estimate of drug-likeness (QED) is 0.128. The number of benzene rings is 2. The molecule has 0 spiro atoms. The molecule has 1 fully saturated rings. The van der Waals surface area contributed by atoms with E-state index in [2.05, 4.69) is 56.1 Å². The molecule has 3 aromatic rings. The van der Waals surface area contributed by atoms with E-state index in [-0.39, 0.29) is 17.7 Å². The number of carbonyl (C=O) groups excluding carboxylic acids is 1. The molecular formula is C30H36FN7O2S2. The van der Waals surface area contributed by atoms with Gasteiger partial charge in [-0.15, -0.1) is 0 Å². The molecule has 0 unspecified atom stereocenters. The smallest absolute Gasteiger partial charge is 0.247 e. The first-order valence-electron chi connectivity index (χ1n) is 13.8. The van der Waals surface area contributed by atoms with E-state index in [4.69, 9.17) is 17.0 Å². The van der Waals surface area contributed by atoms with E-state index in [0.29, 0.717) is 24.0 Å². The van der Waals surface area contributed by atoms with Crippen LogP contribution in [0.25, 0.3) is 0 Å². The zero-order chi connectivity index (χ0) is 29.9. The van der Waals surface area contributed by atoms with Gasteiger partial charge in [-0.3, -0.25) is 9.69 Å². The fourth-order valence-electron chi connectivity index (χ4n) is 4.20. The first-order chi connectivity index (χ1) is 20.3. The van der Waals surface area contributed by atoms with Crippen molar-refractivity contribution in [3.05, 3.63) is 73.2 Å². The van der Waals surface area contributed by atoms with Crippen molar-refractivity contribution < 1.29 is 13.9 Å². The molecule has 42 heavy (non-hydrogen) atoms. The minimum absolute atomic E-state index is 0.00480. The molecule has 1 saturated heterocycles. The summed E-state index contributed by atoms with van der Waals surface area (Å²) in [6.45, 7) is 12.6. The summed E-state index contributed by atoms with van der Waals surface area (Å²) in [6, 6.07) is 14.8. The number of rotatable bonds is 12. The van der Waals surface area contributed by atoms with Crippen molar-refractivity contribution in [3.8, 4) is 5.75 Å². The number of hydrogen-bond acceptors (Lipinski definition) is 9. The molecular weight excluding hydrogens is 574 g/mol. The van der Waals surface area contributed by atoms with E-state index >= 15 is 0 Å². The molecule has 9 nitrogen and oxygen atoms in total. The van der Waals surface area contributed by atoms with Crippen LogP contribution >= 0.6 is 24.0 Å². The summed E-state index contributed by atoms with van der Waals surface area (Å²) in [4.78, 5) is 24.7. The summed E-state index contributed by atoms with van der Waals surface area (Å²) in [7, 11) is 0. The summed E-state index contributed by atoms with van der Waals surface area (Å²) in [5, 5.41) is 8.67. The molecule has 222 valence electrons. The molecule has 1 aliphatic rings. The van der Waals surface area contributed by atoms with Gasteiger partial charge in [0.25, 0.3) is 0 Å². The lowest BCUT2D eigenvalue weighted by Crippen LogP contribution is -2.49. The van der Waals surface area contributed by atoms with Gasteiger partial charge in [0.1, 0.15) is 10.1 Å². The summed E-state index contributed by atoms with van der Waals surface area (Å²) in [5.74, 6) is 0.932. The Labute approximate surface area is 255 Å². The highest BCUT2D eigenvalue weighted by atomic mass is 32.2. The number of amides is 1. The molecule has 3 N–H and O–H groups in total. The molecule has 0 radical (unpaired) electrons. The number of ether oxygens (including phenoxy) is 1. The van der Waals surface area contributed by atoms with Crippen molar-refractivity contribution in [1.29, 1.82) is 0 Å². The summed E-state index contributed by atoms with van der Waals surface area (Å²) >= 11 is 7.35. The second-order valence-corrected chi connectivity index (χ2v) is 11.6. The maximum Gasteiger partial charge on any atom is 0.247 e. The zero-order valence-corrected chi connectivity index (χ0v) is 25.4. The molecule has 1 aliphatic heterocycles. The van der Waals surface area contributed by atoms with E-state index in [9.17, 15) is 9.18 Å². The van der Waals surface area contributed by atoms with Gasteiger partial charge in [-0.2, -0.15) is 4.98 Å². The molecule has 0 atom stereocenters. The third kappa shape index (κ3) is 9.40. The molecule has 2 heterocycles. The molecule has 0 bridgehead atoms. The van der Waals surface area contributed by atoms with Crippen LogP contribution in [0.1, 0.15) is 20.3 Å². The fourth-order valence-corrected chi connectivity index (χ4v) is 5.44. The van der Waals surface area contributed by atoms with E-state index < -0.39 is 5.82 Å². The number of thioether (sulfide) groups is 1. The van der Waals surface area contributed by atoms with Gasteiger partial charge in [-0.1, -0.05) is 36.6 Å². The van der Waals surface area contributed by atoms with Gasteiger partial charge in [0.05, 0.1) is 12.8 Å². The maximum atomic E-state index is 14.4. The Hall–Kier alpha value is -3.74. The van der Waals surface area contributed by atoms with Gasteiger partial charge in [0, 0.05) is 55.0 Å². The number of nitrogens with zero attached hydrogens (tertiary/aromatic N) is 4. The Morgan fingerprint density at radius 3 is 2.57 bits per heavy atom. The maximum absolute atomic E-state index is 14.4. The Bertz CT molecular complexity index is 1370. The molecule has 1 amide bonds. The minimum Gasteiger partial charge on any atom is -0.494 e. The van der Waals surface area contributed by atoms with Crippen LogP contribution in [0.5, 0.6) is 5.75 Å². The van der Waals surface area contributed by atoms with Gasteiger partial charge in [-0.05, 0) is 68.8 Å². The average Bonchev–Trinajstić information content (AvgIpc) is 2.99. The van der Waals surface area contributed by atoms with Crippen molar-refractivity contribution >= 4 is 63.0 Å². The number of anilines is 5. The molecule has 12 heteroatoms. The predicted octanol–water partition coefficient (Wildman–Crippen LogP) is 6.04. The van der Waals surface area contributed by atoms with Crippen LogP contribution in [0.15, 0.2) is 67.4 Å². The Balaban J connectivity index is 1.21. The van der Waals surface area contributed by atoms with Gasteiger partial charge in [0.15, 0.2) is 11.6 Å². The van der Waals surface area contributed by atoms with Crippen LogP contribution in [-0.4, -0.2) is 74.6 Å². The van der Waals surface area contributed by atoms with Gasteiger partial charge < -0.3 is 25.6 Å². The van der Waals surface area contributed by atoms with Crippen molar-refractivity contribution in [2.24, 2.45) is 0 Å². The molecule has 2 aromatic carbocycles. The number of aromatic nitrogens is 2. The van der Waals surface area contributed by atoms with E-state index in [1.807, 2.05) is 24.3 Å². The minimum atomic E-state index is -0.613. The highest BCUT2D eigenvalue weighted by molar-refractivity contribution is 8.22. The first-order valence-corrected chi connectivity index (χ1v) is 15.2. The van der Waals surface area contributed by atoms with Crippen LogP contribution in [0.3, 0.4) is 0 Å². The molecule has 0 aliphatic carbocycles. The first kappa shape index (κ1) is 31.2. The number of thiocarbonyl (C=S) groups is 1. The number of nitrogens with one attached hydrogen (secondary N) is 3. The van der Waals surface area contributed by atoms with Crippen LogP contribution in [-0.2, 0) is 4.79 Å². The lowest BCUT2D eigenvalue weighted by Gasteiger charge is -2.37. The summed E-state index contributed by atoms with van der Waals surface area (Å²) in [6.07, 6.45) is 3.15. The van der Waals surface area contributed by atoms with Crippen molar-refractivity contribution in [2.45, 2.75) is 26.3 Å². The fraction of sp³-hybridized carbons (Fsp3) is 0.333. The second-order valence-electron chi connectivity index (χ2n) is 9.87. The largest absolute Gasteiger partial charge is 0.494 e. The van der Waals surface area contributed by atoms with Crippen LogP contribution in [0, 0.1) is 5.82 Å².